The number of ketones is 1. The molecule has 0 bridgehead atoms. The fraction of sp³-hybridized carbons (Fsp3) is 0.333. The highest BCUT2D eigenvalue weighted by Gasteiger charge is 2.66. The topological polar surface area (TPSA) is 96.9 Å². The molecule has 1 fully saturated rings. The Hall–Kier alpha value is -3.27. The molecule has 1 aliphatic rings. The summed E-state index contributed by atoms with van der Waals surface area (Å²) in [6.45, 7) is 1.76. The zero-order valence-electron chi connectivity index (χ0n) is 16.9. The Balaban J connectivity index is 2.18. The summed E-state index contributed by atoms with van der Waals surface area (Å²) >= 11 is 0. The third-order valence-electron chi connectivity index (χ3n) is 5.19. The van der Waals surface area contributed by atoms with Gasteiger partial charge in [0.1, 0.15) is 5.92 Å². The van der Waals surface area contributed by atoms with Crippen LogP contribution in [0.15, 0.2) is 42.5 Å². The van der Waals surface area contributed by atoms with Crippen LogP contribution in [0.1, 0.15) is 27.5 Å². The lowest BCUT2D eigenvalue weighted by Crippen LogP contribution is -2.72. The maximum Gasteiger partial charge on any atom is 0.437 e. The van der Waals surface area contributed by atoms with Crippen molar-refractivity contribution in [3.8, 4) is 11.5 Å². The molecule has 1 aliphatic heterocycles. The number of halogens is 3. The third-order valence-corrected chi connectivity index (χ3v) is 5.19. The molecular weight excluding hydrogens is 417 g/mol. The number of aliphatic hydroxyl groups is 1. The van der Waals surface area contributed by atoms with E-state index in [9.17, 15) is 27.9 Å². The SMILES string of the molecule is COc1ccc([C@H]2NC(=O)N[C@@](O)(C(F)(F)F)[C@@H]2C(=O)c2ccc(C)cc2)cc1OC. The molecule has 0 spiro atoms. The first-order chi connectivity index (χ1) is 14.5. The summed E-state index contributed by atoms with van der Waals surface area (Å²) in [7, 11) is 2.72. The Morgan fingerprint density at radius 1 is 1.06 bits per heavy atom. The van der Waals surface area contributed by atoms with Crippen LogP contribution in [-0.2, 0) is 0 Å². The molecule has 0 aromatic heterocycles. The molecule has 0 radical (unpaired) electrons. The number of alkyl halides is 3. The van der Waals surface area contributed by atoms with Crippen molar-refractivity contribution in [2.75, 3.05) is 14.2 Å². The second-order valence-electron chi connectivity index (χ2n) is 7.16. The summed E-state index contributed by atoms with van der Waals surface area (Å²) in [5.74, 6) is -2.62. The number of urea groups is 1. The molecule has 3 N–H and O–H groups in total. The highest BCUT2D eigenvalue weighted by Crippen LogP contribution is 2.45. The number of carbonyl (C=O) groups excluding carboxylic acids is 2. The van der Waals surface area contributed by atoms with Gasteiger partial charge >= 0.3 is 12.2 Å². The average Bonchev–Trinajstić information content (AvgIpc) is 2.72. The van der Waals surface area contributed by atoms with Crippen molar-refractivity contribution in [1.82, 2.24) is 10.6 Å². The second kappa shape index (κ2) is 8.10. The van der Waals surface area contributed by atoms with Gasteiger partial charge in [-0.25, -0.2) is 4.79 Å². The lowest BCUT2D eigenvalue weighted by molar-refractivity contribution is -0.287. The molecule has 7 nitrogen and oxygen atoms in total. The summed E-state index contributed by atoms with van der Waals surface area (Å²) in [6, 6.07) is 7.28. The van der Waals surface area contributed by atoms with Crippen molar-refractivity contribution in [1.29, 1.82) is 0 Å². The number of ether oxygens (including phenoxy) is 2. The van der Waals surface area contributed by atoms with Crippen LogP contribution >= 0.6 is 0 Å². The van der Waals surface area contributed by atoms with E-state index in [1.165, 1.54) is 49.9 Å². The summed E-state index contributed by atoms with van der Waals surface area (Å²) < 4.78 is 52.2. The molecule has 10 heteroatoms. The van der Waals surface area contributed by atoms with Crippen molar-refractivity contribution in [3.05, 3.63) is 59.2 Å². The number of benzene rings is 2. The van der Waals surface area contributed by atoms with Gasteiger partial charge in [-0.2, -0.15) is 13.2 Å². The van der Waals surface area contributed by atoms with Gasteiger partial charge in [-0.1, -0.05) is 35.9 Å². The van der Waals surface area contributed by atoms with Crippen LogP contribution in [0.25, 0.3) is 0 Å². The largest absolute Gasteiger partial charge is 0.493 e. The van der Waals surface area contributed by atoms with E-state index in [1.807, 2.05) is 0 Å². The number of nitrogens with one attached hydrogen (secondary N) is 2. The minimum absolute atomic E-state index is 0.0401. The van der Waals surface area contributed by atoms with Crippen molar-refractivity contribution in [3.63, 3.8) is 0 Å². The van der Waals surface area contributed by atoms with Gasteiger partial charge in [-0.15, -0.1) is 0 Å². The highest BCUT2D eigenvalue weighted by atomic mass is 19.4. The zero-order valence-corrected chi connectivity index (χ0v) is 16.9. The van der Waals surface area contributed by atoms with Crippen LogP contribution in [0, 0.1) is 12.8 Å². The minimum atomic E-state index is -5.33. The molecule has 0 unspecified atom stereocenters. The van der Waals surface area contributed by atoms with E-state index in [-0.39, 0.29) is 16.9 Å². The number of amides is 2. The van der Waals surface area contributed by atoms with Crippen molar-refractivity contribution in [2.45, 2.75) is 24.9 Å². The van der Waals surface area contributed by atoms with Crippen LogP contribution in [0.3, 0.4) is 0 Å². The summed E-state index contributed by atoms with van der Waals surface area (Å²) in [6.07, 6.45) is -5.33. The lowest BCUT2D eigenvalue weighted by atomic mass is 9.77. The van der Waals surface area contributed by atoms with Crippen LogP contribution in [0.2, 0.25) is 0 Å². The molecule has 2 amide bonds. The van der Waals surface area contributed by atoms with Crippen LogP contribution in [0.5, 0.6) is 11.5 Å². The monoisotopic (exact) mass is 438 g/mol. The second-order valence-corrected chi connectivity index (χ2v) is 7.16. The Bertz CT molecular complexity index is 993. The van der Waals surface area contributed by atoms with Gasteiger partial charge < -0.3 is 25.2 Å². The Morgan fingerprint density at radius 3 is 2.23 bits per heavy atom. The maximum atomic E-state index is 14.0. The normalized spacial score (nSPS) is 23.5. The number of hydrogen-bond acceptors (Lipinski definition) is 5. The van der Waals surface area contributed by atoms with E-state index in [0.29, 0.717) is 5.75 Å². The third kappa shape index (κ3) is 4.02. The van der Waals surface area contributed by atoms with Crippen LogP contribution in [-0.4, -0.2) is 43.0 Å². The number of aryl methyl sites for hydroxylation is 1. The minimum Gasteiger partial charge on any atom is -0.493 e. The molecule has 166 valence electrons. The average molecular weight is 438 g/mol. The quantitative estimate of drug-likeness (QED) is 0.624. The predicted molar refractivity (Wildman–Crippen MR) is 104 cm³/mol. The van der Waals surface area contributed by atoms with Gasteiger partial charge in [-0.3, -0.25) is 4.79 Å². The molecule has 2 aromatic rings. The summed E-state index contributed by atoms with van der Waals surface area (Å²) in [5.41, 5.74) is -2.91. The molecule has 1 saturated heterocycles. The number of methoxy groups -OCH3 is 2. The lowest BCUT2D eigenvalue weighted by Gasteiger charge is -2.45. The van der Waals surface area contributed by atoms with E-state index < -0.39 is 35.7 Å². The van der Waals surface area contributed by atoms with E-state index in [1.54, 1.807) is 19.1 Å². The Morgan fingerprint density at radius 2 is 1.68 bits per heavy atom. The maximum absolute atomic E-state index is 14.0. The standard InChI is InChI=1S/C21H21F3N2O5/c1-11-4-6-12(7-5-11)18(27)16-17(13-8-9-14(30-2)15(10-13)31-3)25-19(28)26-20(16,29)21(22,23)24/h4-10,16-17,29H,1-3H3,(H2,25,26,28)/t16-,17+,20-/m0/s1. The van der Waals surface area contributed by atoms with E-state index in [0.717, 1.165) is 5.56 Å². The Labute approximate surface area is 176 Å². The van der Waals surface area contributed by atoms with Crippen molar-refractivity contribution in [2.24, 2.45) is 5.92 Å². The molecule has 31 heavy (non-hydrogen) atoms. The number of rotatable bonds is 5. The van der Waals surface area contributed by atoms with E-state index >= 15 is 0 Å². The van der Waals surface area contributed by atoms with Crippen molar-refractivity contribution < 1.29 is 37.3 Å². The van der Waals surface area contributed by atoms with Gasteiger partial charge in [0.2, 0.25) is 5.72 Å². The number of carbonyl (C=O) groups is 2. The smallest absolute Gasteiger partial charge is 0.437 e. The first kappa shape index (κ1) is 22.4. The number of Topliss-reactive ketones (excluding diaryl/α,β-unsaturated/α-hetero) is 1. The van der Waals surface area contributed by atoms with Gasteiger partial charge in [0, 0.05) is 5.56 Å². The van der Waals surface area contributed by atoms with Crippen molar-refractivity contribution >= 4 is 11.8 Å². The fourth-order valence-electron chi connectivity index (χ4n) is 3.56. The summed E-state index contributed by atoms with van der Waals surface area (Å²) in [5, 5.41) is 14.4. The predicted octanol–water partition coefficient (Wildman–Crippen LogP) is 3.12. The number of hydrogen-bond donors (Lipinski definition) is 3. The fourth-order valence-corrected chi connectivity index (χ4v) is 3.56. The molecule has 1 heterocycles. The molecule has 0 saturated carbocycles. The van der Waals surface area contributed by atoms with E-state index in [2.05, 4.69) is 5.32 Å². The molecular formula is C21H21F3N2O5. The molecule has 3 atom stereocenters. The van der Waals surface area contributed by atoms with Crippen LogP contribution < -0.4 is 20.1 Å². The molecule has 0 aliphatic carbocycles. The van der Waals surface area contributed by atoms with Gasteiger partial charge in [-0.05, 0) is 24.6 Å². The van der Waals surface area contributed by atoms with Gasteiger partial charge in [0.15, 0.2) is 17.3 Å². The Kier molecular flexibility index (Phi) is 5.86. The molecule has 3 rings (SSSR count). The van der Waals surface area contributed by atoms with E-state index in [4.69, 9.17) is 9.47 Å². The first-order valence-electron chi connectivity index (χ1n) is 9.22. The summed E-state index contributed by atoms with van der Waals surface area (Å²) in [4.78, 5) is 25.3. The highest BCUT2D eigenvalue weighted by molar-refractivity contribution is 6.00. The zero-order chi connectivity index (χ0) is 23.0. The van der Waals surface area contributed by atoms with Gasteiger partial charge in [0.25, 0.3) is 0 Å². The van der Waals surface area contributed by atoms with Gasteiger partial charge in [0.05, 0.1) is 20.3 Å². The first-order valence-corrected chi connectivity index (χ1v) is 9.22. The van der Waals surface area contributed by atoms with Crippen LogP contribution in [0.4, 0.5) is 18.0 Å². The molecule has 2 aromatic carbocycles.